The molecule has 0 saturated carbocycles. The molecule has 39 heavy (non-hydrogen) atoms. The summed E-state index contributed by atoms with van der Waals surface area (Å²) < 4.78 is 28.1. The Balaban J connectivity index is 1.68. The number of aryl methyl sites for hydroxylation is 1. The van der Waals surface area contributed by atoms with Gasteiger partial charge >= 0.3 is 0 Å². The standard InChI is InChI=1S/C30H30N4O4S/c1-4-28(35)32-26-9-7-8-21(19(26)3)22-12-13-23(30(31)36)29-25(22)17-27(33-29)24-16-20(11-10-18(24)2)39(37,38)34-14-5-6-15-34/h4,7-13,16-17,33H,1,5-6,14-15H2,2-3H3,(H2,31,36)(H,32,35). The van der Waals surface area contributed by atoms with Crippen LogP contribution in [0.3, 0.4) is 0 Å². The number of hydrogen-bond donors (Lipinski definition) is 3. The SMILES string of the molecule is C=CC(=O)Nc1cccc(-c2ccc(C(N)=O)c3[nH]c(-c4cc(S(=O)(=O)N5CCCC5)ccc4C)cc23)c1C. The number of nitrogens with two attached hydrogens (primary N) is 1. The fraction of sp³-hybridized carbons (Fsp3) is 0.200. The fourth-order valence-electron chi connectivity index (χ4n) is 5.18. The van der Waals surface area contributed by atoms with Crippen molar-refractivity contribution in [2.75, 3.05) is 18.4 Å². The highest BCUT2D eigenvalue weighted by Crippen LogP contribution is 2.38. The second kappa shape index (κ2) is 10.2. The molecule has 0 spiro atoms. The third-order valence-corrected chi connectivity index (χ3v) is 9.22. The zero-order valence-electron chi connectivity index (χ0n) is 21.9. The second-order valence-corrected chi connectivity index (χ2v) is 11.7. The maximum absolute atomic E-state index is 13.3. The molecule has 200 valence electrons. The van der Waals surface area contributed by atoms with Gasteiger partial charge in [-0.2, -0.15) is 4.31 Å². The highest BCUT2D eigenvalue weighted by Gasteiger charge is 2.28. The van der Waals surface area contributed by atoms with Crippen molar-refractivity contribution >= 4 is 38.4 Å². The monoisotopic (exact) mass is 542 g/mol. The Labute approximate surface area is 227 Å². The summed E-state index contributed by atoms with van der Waals surface area (Å²) in [7, 11) is -3.61. The molecule has 9 heteroatoms. The molecule has 1 aromatic heterocycles. The lowest BCUT2D eigenvalue weighted by molar-refractivity contribution is -0.111. The number of benzene rings is 3. The number of hydrogen-bond acceptors (Lipinski definition) is 4. The molecular formula is C30H30N4O4S. The molecule has 0 atom stereocenters. The summed E-state index contributed by atoms with van der Waals surface area (Å²) in [5, 5.41) is 3.58. The predicted octanol–water partition coefficient (Wildman–Crippen LogP) is 5.13. The predicted molar refractivity (Wildman–Crippen MR) is 154 cm³/mol. The van der Waals surface area contributed by atoms with Gasteiger partial charge in [0, 0.05) is 35.4 Å². The first-order valence-corrected chi connectivity index (χ1v) is 14.2. The van der Waals surface area contributed by atoms with Gasteiger partial charge in [0.1, 0.15) is 0 Å². The van der Waals surface area contributed by atoms with Crippen molar-refractivity contribution in [3.63, 3.8) is 0 Å². The zero-order chi connectivity index (χ0) is 27.9. The lowest BCUT2D eigenvalue weighted by Crippen LogP contribution is -2.27. The highest BCUT2D eigenvalue weighted by atomic mass is 32.2. The number of aromatic nitrogens is 1. The van der Waals surface area contributed by atoms with E-state index in [2.05, 4.69) is 16.9 Å². The van der Waals surface area contributed by atoms with E-state index in [1.165, 1.54) is 10.4 Å². The number of nitrogens with zero attached hydrogens (tertiary/aromatic N) is 1. The van der Waals surface area contributed by atoms with Crippen LogP contribution in [0.4, 0.5) is 5.69 Å². The number of H-pyrrole nitrogens is 1. The molecule has 0 aliphatic carbocycles. The van der Waals surface area contributed by atoms with Gasteiger partial charge in [0.2, 0.25) is 15.9 Å². The van der Waals surface area contributed by atoms with Gasteiger partial charge in [-0.15, -0.1) is 0 Å². The molecule has 2 heterocycles. The normalized spacial score (nSPS) is 14.0. The summed E-state index contributed by atoms with van der Waals surface area (Å²) in [6.07, 6.45) is 2.93. The molecule has 4 aromatic rings. The van der Waals surface area contributed by atoms with Crippen LogP contribution in [0.1, 0.15) is 34.3 Å². The summed E-state index contributed by atoms with van der Waals surface area (Å²) in [5.74, 6) is -0.890. The molecule has 1 aliphatic heterocycles. The minimum atomic E-state index is -3.61. The van der Waals surface area contributed by atoms with E-state index in [1.807, 2.05) is 44.2 Å². The van der Waals surface area contributed by atoms with Crippen molar-refractivity contribution in [3.05, 3.63) is 83.9 Å². The zero-order valence-corrected chi connectivity index (χ0v) is 22.7. The lowest BCUT2D eigenvalue weighted by atomic mass is 9.94. The van der Waals surface area contributed by atoms with Gasteiger partial charge in [0.15, 0.2) is 0 Å². The quantitative estimate of drug-likeness (QED) is 0.280. The van der Waals surface area contributed by atoms with E-state index >= 15 is 0 Å². The molecule has 3 aromatic carbocycles. The molecule has 2 amide bonds. The first-order chi connectivity index (χ1) is 18.6. The van der Waals surface area contributed by atoms with E-state index in [1.54, 1.807) is 24.3 Å². The van der Waals surface area contributed by atoms with Crippen molar-refractivity contribution in [3.8, 4) is 22.4 Å². The van der Waals surface area contributed by atoms with E-state index in [-0.39, 0.29) is 10.8 Å². The van der Waals surface area contributed by atoms with Crippen LogP contribution in [-0.2, 0) is 14.8 Å². The molecule has 0 unspecified atom stereocenters. The van der Waals surface area contributed by atoms with Crippen molar-refractivity contribution in [2.24, 2.45) is 5.73 Å². The van der Waals surface area contributed by atoms with Crippen LogP contribution in [0.2, 0.25) is 0 Å². The molecule has 5 rings (SSSR count). The number of fused-ring (bicyclic) bond motifs is 1. The highest BCUT2D eigenvalue weighted by molar-refractivity contribution is 7.89. The maximum atomic E-state index is 13.3. The van der Waals surface area contributed by atoms with Crippen LogP contribution in [0, 0.1) is 13.8 Å². The van der Waals surface area contributed by atoms with E-state index in [9.17, 15) is 18.0 Å². The van der Waals surface area contributed by atoms with E-state index in [4.69, 9.17) is 5.73 Å². The summed E-state index contributed by atoms with van der Waals surface area (Å²) >= 11 is 0. The number of anilines is 1. The van der Waals surface area contributed by atoms with Crippen LogP contribution >= 0.6 is 0 Å². The van der Waals surface area contributed by atoms with E-state index in [0.29, 0.717) is 35.6 Å². The molecular weight excluding hydrogens is 512 g/mol. The molecule has 1 fully saturated rings. The topological polar surface area (TPSA) is 125 Å². The average Bonchev–Trinajstić information content (AvgIpc) is 3.61. The number of primary amides is 1. The van der Waals surface area contributed by atoms with Crippen molar-refractivity contribution in [1.29, 1.82) is 0 Å². The number of rotatable bonds is 7. The molecule has 1 saturated heterocycles. The Morgan fingerprint density at radius 3 is 2.44 bits per heavy atom. The Bertz CT molecular complexity index is 1750. The van der Waals surface area contributed by atoms with Gasteiger partial charge in [0.25, 0.3) is 5.91 Å². The van der Waals surface area contributed by atoms with E-state index in [0.717, 1.165) is 46.0 Å². The van der Waals surface area contributed by atoms with Crippen molar-refractivity contribution in [1.82, 2.24) is 9.29 Å². The molecule has 0 bridgehead atoms. The number of carbonyl (C=O) groups excluding carboxylic acids is 2. The van der Waals surface area contributed by atoms with Crippen molar-refractivity contribution in [2.45, 2.75) is 31.6 Å². The van der Waals surface area contributed by atoms with Crippen molar-refractivity contribution < 1.29 is 18.0 Å². The third-order valence-electron chi connectivity index (χ3n) is 7.33. The first kappa shape index (κ1) is 26.4. The smallest absolute Gasteiger partial charge is 0.250 e. The molecule has 8 nitrogen and oxygen atoms in total. The Kier molecular flexibility index (Phi) is 6.88. The Morgan fingerprint density at radius 1 is 1.00 bits per heavy atom. The van der Waals surface area contributed by atoms with Gasteiger partial charge < -0.3 is 16.0 Å². The second-order valence-electron chi connectivity index (χ2n) is 9.76. The summed E-state index contributed by atoms with van der Waals surface area (Å²) in [4.78, 5) is 27.9. The van der Waals surface area contributed by atoms with Gasteiger partial charge in [0.05, 0.1) is 16.0 Å². The maximum Gasteiger partial charge on any atom is 0.250 e. The van der Waals surface area contributed by atoms with Crippen LogP contribution in [-0.4, -0.2) is 42.6 Å². The Hall–Kier alpha value is -4.21. The first-order valence-electron chi connectivity index (χ1n) is 12.7. The summed E-state index contributed by atoms with van der Waals surface area (Å²) in [5.41, 5.74) is 12.1. The number of amides is 2. The molecule has 1 aliphatic rings. The minimum Gasteiger partial charge on any atom is -0.366 e. The van der Waals surface area contributed by atoms with Crippen LogP contribution in [0.5, 0.6) is 0 Å². The van der Waals surface area contributed by atoms with Crippen LogP contribution in [0.15, 0.2) is 72.1 Å². The third kappa shape index (κ3) is 4.75. The lowest BCUT2D eigenvalue weighted by Gasteiger charge is -2.16. The van der Waals surface area contributed by atoms with E-state index < -0.39 is 15.9 Å². The molecule has 0 radical (unpaired) electrons. The minimum absolute atomic E-state index is 0.237. The van der Waals surface area contributed by atoms with Crippen LogP contribution < -0.4 is 11.1 Å². The average molecular weight is 543 g/mol. The van der Waals surface area contributed by atoms with Gasteiger partial charge in [-0.05, 0) is 85.4 Å². The number of nitrogens with one attached hydrogen (secondary N) is 2. The molecule has 4 N–H and O–H groups in total. The number of carbonyl (C=O) groups is 2. The van der Waals surface area contributed by atoms with Gasteiger partial charge in [-0.3, -0.25) is 9.59 Å². The van der Waals surface area contributed by atoms with Crippen LogP contribution in [0.25, 0.3) is 33.3 Å². The van der Waals surface area contributed by atoms with Gasteiger partial charge in [-0.25, -0.2) is 8.42 Å². The number of sulfonamides is 1. The Morgan fingerprint density at radius 2 is 1.74 bits per heavy atom. The summed E-state index contributed by atoms with van der Waals surface area (Å²) in [6.45, 7) is 8.39. The summed E-state index contributed by atoms with van der Waals surface area (Å²) in [6, 6.07) is 16.2. The number of aromatic amines is 1. The van der Waals surface area contributed by atoms with Gasteiger partial charge in [-0.1, -0.05) is 30.8 Å². The fourth-order valence-corrected chi connectivity index (χ4v) is 6.72. The largest absolute Gasteiger partial charge is 0.366 e.